The first-order valence-electron chi connectivity index (χ1n) is 6.34. The highest BCUT2D eigenvalue weighted by atomic mass is 16.7. The number of aryl methyl sites for hydroxylation is 2. The van der Waals surface area contributed by atoms with Crippen LogP contribution in [0.5, 0.6) is 5.75 Å². The molecule has 0 bridgehead atoms. The Labute approximate surface area is 104 Å². The predicted octanol–water partition coefficient (Wildman–Crippen LogP) is 3.62. The van der Waals surface area contributed by atoms with E-state index in [1.807, 2.05) is 40.8 Å². The summed E-state index contributed by atoms with van der Waals surface area (Å²) in [4.78, 5) is 4.35. The van der Waals surface area contributed by atoms with Gasteiger partial charge in [0.2, 0.25) is 5.79 Å². The summed E-state index contributed by atoms with van der Waals surface area (Å²) in [5, 5.41) is 0. The van der Waals surface area contributed by atoms with Gasteiger partial charge in [0, 0.05) is 25.6 Å². The van der Waals surface area contributed by atoms with E-state index in [9.17, 15) is 0 Å². The topological polar surface area (TPSA) is 31.4 Å². The molecule has 0 fully saturated rings. The molecule has 1 aromatic rings. The molecule has 0 atom stereocenters. The van der Waals surface area contributed by atoms with Crippen LogP contribution in [0.4, 0.5) is 0 Å². The zero-order valence-electron chi connectivity index (χ0n) is 11.8. The predicted molar refractivity (Wildman–Crippen MR) is 69.2 cm³/mol. The van der Waals surface area contributed by atoms with Gasteiger partial charge >= 0.3 is 0 Å². The molecule has 0 radical (unpaired) electrons. The highest BCUT2D eigenvalue weighted by Gasteiger charge is 2.29. The van der Waals surface area contributed by atoms with Crippen LogP contribution in [0.1, 0.15) is 51.4 Å². The molecule has 0 N–H and O–H groups in total. The maximum Gasteiger partial charge on any atom is 0.205 e. The monoisotopic (exact) mass is 237 g/mol. The highest BCUT2D eigenvalue weighted by molar-refractivity contribution is 5.42. The fourth-order valence-corrected chi connectivity index (χ4v) is 1.80. The molecular weight excluding hydrogens is 214 g/mol. The lowest BCUT2D eigenvalue weighted by Gasteiger charge is -2.34. The van der Waals surface area contributed by atoms with Crippen LogP contribution in [0.15, 0.2) is 6.20 Å². The molecule has 3 nitrogen and oxygen atoms in total. The minimum absolute atomic E-state index is 0.536. The number of hydrogen-bond acceptors (Lipinski definition) is 3. The van der Waals surface area contributed by atoms with Gasteiger partial charge in [-0.25, -0.2) is 0 Å². The second-order valence-corrected chi connectivity index (χ2v) is 4.32. The minimum atomic E-state index is -0.536. The van der Waals surface area contributed by atoms with Crippen LogP contribution in [0, 0.1) is 6.92 Å². The van der Waals surface area contributed by atoms with Crippen molar-refractivity contribution in [1.29, 1.82) is 0 Å². The maximum atomic E-state index is 5.81. The lowest BCUT2D eigenvalue weighted by atomic mass is 10.1. The summed E-state index contributed by atoms with van der Waals surface area (Å²) in [6.07, 6.45) is 2.88. The fraction of sp³-hybridized carbons (Fsp3) is 0.643. The number of ether oxygens (including phenoxy) is 2. The summed E-state index contributed by atoms with van der Waals surface area (Å²) in [6.45, 7) is 12.6. The van der Waals surface area contributed by atoms with Gasteiger partial charge in [0.1, 0.15) is 5.75 Å². The Balaban J connectivity index is 0.000000686. The average Bonchev–Trinajstić information content (AvgIpc) is 2.32. The van der Waals surface area contributed by atoms with Crippen molar-refractivity contribution < 1.29 is 9.47 Å². The summed E-state index contributed by atoms with van der Waals surface area (Å²) >= 11 is 0. The van der Waals surface area contributed by atoms with E-state index in [2.05, 4.69) is 11.9 Å². The first-order chi connectivity index (χ1) is 8.03. The molecule has 0 saturated heterocycles. The van der Waals surface area contributed by atoms with Crippen LogP contribution >= 0.6 is 0 Å². The van der Waals surface area contributed by atoms with Gasteiger partial charge in [-0.3, -0.25) is 4.98 Å². The Kier molecular flexibility index (Phi) is 4.52. The van der Waals surface area contributed by atoms with Crippen LogP contribution in [-0.2, 0) is 17.8 Å². The summed E-state index contributed by atoms with van der Waals surface area (Å²) < 4.78 is 11.4. The third kappa shape index (κ3) is 2.97. The van der Waals surface area contributed by atoms with Crippen LogP contribution < -0.4 is 4.74 Å². The smallest absolute Gasteiger partial charge is 0.205 e. The number of pyridine rings is 1. The second-order valence-electron chi connectivity index (χ2n) is 4.32. The number of fused-ring (bicyclic) bond motifs is 1. The largest absolute Gasteiger partial charge is 0.461 e. The summed E-state index contributed by atoms with van der Waals surface area (Å²) in [6, 6.07) is 0. The van der Waals surface area contributed by atoms with Crippen molar-refractivity contribution in [3.63, 3.8) is 0 Å². The molecule has 96 valence electrons. The first kappa shape index (κ1) is 14.0. The van der Waals surface area contributed by atoms with Gasteiger partial charge in [0.05, 0.1) is 12.3 Å². The molecule has 0 spiro atoms. The van der Waals surface area contributed by atoms with E-state index in [4.69, 9.17) is 9.47 Å². The molecule has 3 heteroatoms. The molecule has 0 unspecified atom stereocenters. The fourth-order valence-electron chi connectivity index (χ4n) is 1.80. The van der Waals surface area contributed by atoms with E-state index in [-0.39, 0.29) is 0 Å². The summed E-state index contributed by atoms with van der Waals surface area (Å²) in [5.74, 6) is 0.372. The van der Waals surface area contributed by atoms with Gasteiger partial charge in [-0.2, -0.15) is 0 Å². The number of nitrogens with zero attached hydrogens (tertiary/aromatic N) is 1. The molecule has 17 heavy (non-hydrogen) atoms. The van der Waals surface area contributed by atoms with Crippen molar-refractivity contribution in [3.05, 3.63) is 23.0 Å². The van der Waals surface area contributed by atoms with Crippen LogP contribution in [0.2, 0.25) is 0 Å². The summed E-state index contributed by atoms with van der Waals surface area (Å²) in [7, 11) is 0. The average molecular weight is 237 g/mol. The molecule has 1 aliphatic heterocycles. The molecule has 0 saturated carbocycles. The van der Waals surface area contributed by atoms with Gasteiger partial charge in [-0.15, -0.1) is 0 Å². The maximum absolute atomic E-state index is 5.81. The van der Waals surface area contributed by atoms with Gasteiger partial charge in [-0.05, 0) is 18.9 Å². The van der Waals surface area contributed by atoms with E-state index in [1.54, 1.807) is 0 Å². The van der Waals surface area contributed by atoms with E-state index < -0.39 is 5.79 Å². The lowest BCUT2D eigenvalue weighted by molar-refractivity contribution is -0.180. The van der Waals surface area contributed by atoms with Gasteiger partial charge in [0.25, 0.3) is 0 Å². The van der Waals surface area contributed by atoms with Gasteiger partial charge in [0.15, 0.2) is 0 Å². The Bertz CT molecular complexity index is 386. The third-order valence-electron chi connectivity index (χ3n) is 2.70. The number of rotatable bonds is 1. The molecule has 0 aromatic carbocycles. The van der Waals surface area contributed by atoms with Crippen molar-refractivity contribution in [2.45, 2.75) is 60.4 Å². The Hall–Kier alpha value is -1.09. The van der Waals surface area contributed by atoms with Crippen LogP contribution in [0.3, 0.4) is 0 Å². The van der Waals surface area contributed by atoms with E-state index in [0.29, 0.717) is 6.61 Å². The third-order valence-corrected chi connectivity index (χ3v) is 2.70. The van der Waals surface area contributed by atoms with Crippen LogP contribution in [0.25, 0.3) is 0 Å². The second kappa shape index (κ2) is 5.50. The van der Waals surface area contributed by atoms with Crippen molar-refractivity contribution in [2.75, 3.05) is 0 Å². The summed E-state index contributed by atoms with van der Waals surface area (Å²) in [5.41, 5.74) is 3.31. The van der Waals surface area contributed by atoms with Crippen molar-refractivity contribution in [3.8, 4) is 5.75 Å². The molecular formula is C14H23NO2. The van der Waals surface area contributed by atoms with E-state index in [1.165, 1.54) is 5.56 Å². The normalized spacial score (nSPS) is 16.4. The van der Waals surface area contributed by atoms with Gasteiger partial charge < -0.3 is 9.47 Å². The molecule has 1 aromatic heterocycles. The van der Waals surface area contributed by atoms with Crippen molar-refractivity contribution in [1.82, 2.24) is 4.98 Å². The molecule has 0 aliphatic carbocycles. The Morgan fingerprint density at radius 3 is 2.59 bits per heavy atom. The highest BCUT2D eigenvalue weighted by Crippen LogP contribution is 2.35. The zero-order valence-corrected chi connectivity index (χ0v) is 11.8. The number of hydrogen-bond donors (Lipinski definition) is 0. The Morgan fingerprint density at radius 2 is 2.00 bits per heavy atom. The Morgan fingerprint density at radius 1 is 1.35 bits per heavy atom. The minimum Gasteiger partial charge on any atom is -0.461 e. The molecule has 0 amide bonds. The van der Waals surface area contributed by atoms with Crippen molar-refractivity contribution >= 4 is 0 Å². The molecule has 1 aliphatic rings. The van der Waals surface area contributed by atoms with E-state index in [0.717, 1.165) is 23.4 Å². The quantitative estimate of drug-likeness (QED) is 0.747. The molecule has 2 rings (SSSR count). The standard InChI is InChI=1S/C12H17NO2.C2H6/c1-5-9-6-13-8(2)11-10(9)7-14-12(3,4)15-11;1-2/h6H,5,7H2,1-4H3;1-2H3. The molecule has 2 heterocycles. The number of aromatic nitrogens is 1. The first-order valence-corrected chi connectivity index (χ1v) is 6.34. The van der Waals surface area contributed by atoms with Gasteiger partial charge in [-0.1, -0.05) is 20.8 Å². The van der Waals surface area contributed by atoms with Crippen LogP contribution in [-0.4, -0.2) is 10.8 Å². The lowest BCUT2D eigenvalue weighted by Crippen LogP contribution is -2.36. The van der Waals surface area contributed by atoms with Crippen molar-refractivity contribution in [2.24, 2.45) is 0 Å². The zero-order chi connectivity index (χ0) is 13.1. The SMILES string of the molecule is CC.CCc1cnc(C)c2c1COC(C)(C)O2. The van der Waals surface area contributed by atoms with E-state index >= 15 is 0 Å².